The molecule has 0 amide bonds. The molecular weight excluding hydrogens is 200 g/mol. The maximum atomic E-state index is 5.90. The van der Waals surface area contributed by atoms with E-state index in [1.807, 2.05) is 0 Å². The van der Waals surface area contributed by atoms with Crippen LogP contribution in [-0.2, 0) is 4.74 Å². The fraction of sp³-hybridized carbons (Fsp3) is 1.00. The number of nitrogens with zero attached hydrogens (tertiary/aromatic N) is 1. The second-order valence-electron chi connectivity index (χ2n) is 5.81. The monoisotopic (exact) mass is 226 g/mol. The van der Waals surface area contributed by atoms with Gasteiger partial charge in [0.05, 0.1) is 12.2 Å². The first-order valence-corrected chi connectivity index (χ1v) is 6.71. The van der Waals surface area contributed by atoms with Crippen molar-refractivity contribution in [2.45, 2.75) is 38.2 Å². The highest BCUT2D eigenvalue weighted by Crippen LogP contribution is 2.25. The van der Waals surface area contributed by atoms with Gasteiger partial charge in [0, 0.05) is 26.2 Å². The number of ether oxygens (including phenoxy) is 1. The summed E-state index contributed by atoms with van der Waals surface area (Å²) in [6.07, 6.45) is 5.76. The van der Waals surface area contributed by atoms with E-state index in [1.165, 1.54) is 32.2 Å². The summed E-state index contributed by atoms with van der Waals surface area (Å²) in [6.45, 7) is 7.44. The van der Waals surface area contributed by atoms with Crippen molar-refractivity contribution < 1.29 is 4.74 Å². The van der Waals surface area contributed by atoms with Crippen molar-refractivity contribution in [1.82, 2.24) is 10.2 Å². The van der Waals surface area contributed by atoms with Crippen LogP contribution >= 0.6 is 0 Å². The van der Waals surface area contributed by atoms with E-state index in [9.17, 15) is 0 Å². The fourth-order valence-corrected chi connectivity index (χ4v) is 2.75. The van der Waals surface area contributed by atoms with E-state index in [2.05, 4.69) is 24.2 Å². The first kappa shape index (κ1) is 12.3. The maximum Gasteiger partial charge on any atom is 0.0902 e. The minimum absolute atomic E-state index is 0.119. The average molecular weight is 226 g/mol. The Kier molecular flexibility index (Phi) is 4.22. The molecule has 1 N–H and O–H groups in total. The maximum absolute atomic E-state index is 5.90. The number of nitrogens with one attached hydrogen (secondary N) is 1. The Bertz CT molecular complexity index is 210. The van der Waals surface area contributed by atoms with Gasteiger partial charge in [-0.25, -0.2) is 0 Å². The van der Waals surface area contributed by atoms with Crippen LogP contribution in [0.2, 0.25) is 0 Å². The van der Waals surface area contributed by atoms with Gasteiger partial charge in [-0.3, -0.25) is 0 Å². The summed E-state index contributed by atoms with van der Waals surface area (Å²) in [5.41, 5.74) is 0.119. The Labute approximate surface area is 99.5 Å². The zero-order chi connectivity index (χ0) is 11.4. The lowest BCUT2D eigenvalue weighted by Crippen LogP contribution is -2.59. The van der Waals surface area contributed by atoms with Crippen LogP contribution in [-0.4, -0.2) is 50.3 Å². The summed E-state index contributed by atoms with van der Waals surface area (Å²) in [4.78, 5) is 2.44. The topological polar surface area (TPSA) is 24.5 Å². The summed E-state index contributed by atoms with van der Waals surface area (Å²) in [6, 6.07) is 0. The molecule has 1 heterocycles. The molecule has 1 aliphatic heterocycles. The van der Waals surface area contributed by atoms with Crippen molar-refractivity contribution in [2.24, 2.45) is 5.92 Å². The van der Waals surface area contributed by atoms with E-state index in [4.69, 9.17) is 4.74 Å². The van der Waals surface area contributed by atoms with Crippen LogP contribution in [0.25, 0.3) is 0 Å². The van der Waals surface area contributed by atoms with Gasteiger partial charge in [0.15, 0.2) is 0 Å². The quantitative estimate of drug-likeness (QED) is 0.742. The Morgan fingerprint density at radius 1 is 1.31 bits per heavy atom. The second kappa shape index (κ2) is 5.48. The highest BCUT2D eigenvalue weighted by atomic mass is 16.5. The number of likely N-dealkylation sites (N-methyl/N-ethyl adjacent to an activating group) is 1. The lowest BCUT2D eigenvalue weighted by Gasteiger charge is -2.39. The molecule has 94 valence electrons. The number of hydrogen-bond acceptors (Lipinski definition) is 3. The smallest absolute Gasteiger partial charge is 0.0902 e. The van der Waals surface area contributed by atoms with Crippen molar-refractivity contribution in [3.05, 3.63) is 0 Å². The van der Waals surface area contributed by atoms with Gasteiger partial charge < -0.3 is 15.0 Å². The van der Waals surface area contributed by atoms with Crippen molar-refractivity contribution in [3.63, 3.8) is 0 Å². The first-order valence-electron chi connectivity index (χ1n) is 6.71. The molecule has 1 saturated heterocycles. The van der Waals surface area contributed by atoms with Crippen molar-refractivity contribution in [1.29, 1.82) is 0 Å². The first-order chi connectivity index (χ1) is 7.68. The third-order valence-electron chi connectivity index (χ3n) is 3.97. The third-order valence-corrected chi connectivity index (χ3v) is 3.97. The number of rotatable bonds is 6. The molecule has 0 aromatic rings. The lowest BCUT2D eigenvalue weighted by molar-refractivity contribution is -0.0713. The van der Waals surface area contributed by atoms with Crippen LogP contribution in [0.15, 0.2) is 0 Å². The van der Waals surface area contributed by atoms with Gasteiger partial charge in [0.1, 0.15) is 0 Å². The summed E-state index contributed by atoms with van der Waals surface area (Å²) in [5, 5.41) is 3.26. The predicted molar refractivity (Wildman–Crippen MR) is 66.7 cm³/mol. The molecule has 0 atom stereocenters. The normalized spacial score (nSPS) is 24.9. The molecule has 2 aliphatic rings. The highest BCUT2D eigenvalue weighted by Gasteiger charge is 2.32. The molecule has 0 aromatic heterocycles. The molecule has 0 unspecified atom stereocenters. The Hall–Kier alpha value is -0.120. The van der Waals surface area contributed by atoms with Crippen molar-refractivity contribution in [3.8, 4) is 0 Å². The van der Waals surface area contributed by atoms with Crippen LogP contribution in [0.5, 0.6) is 0 Å². The van der Waals surface area contributed by atoms with E-state index < -0.39 is 0 Å². The van der Waals surface area contributed by atoms with Gasteiger partial charge >= 0.3 is 0 Å². The lowest BCUT2D eigenvalue weighted by atomic mass is 10.0. The van der Waals surface area contributed by atoms with Gasteiger partial charge in [0.25, 0.3) is 0 Å². The van der Waals surface area contributed by atoms with Gasteiger partial charge in [0.2, 0.25) is 0 Å². The van der Waals surface area contributed by atoms with E-state index in [0.29, 0.717) is 0 Å². The fourth-order valence-electron chi connectivity index (χ4n) is 2.75. The largest absolute Gasteiger partial charge is 0.371 e. The number of hydrogen-bond donors (Lipinski definition) is 1. The van der Waals surface area contributed by atoms with Gasteiger partial charge in [-0.2, -0.15) is 0 Å². The molecule has 1 saturated carbocycles. The molecule has 2 rings (SSSR count). The molecule has 0 bridgehead atoms. The Morgan fingerprint density at radius 3 is 2.56 bits per heavy atom. The van der Waals surface area contributed by atoms with Crippen LogP contribution in [0.1, 0.15) is 32.6 Å². The van der Waals surface area contributed by atoms with Gasteiger partial charge in [-0.05, 0) is 32.7 Å². The predicted octanol–water partition coefficient (Wildman–Crippen LogP) is 1.49. The summed E-state index contributed by atoms with van der Waals surface area (Å²) < 4.78 is 5.90. The van der Waals surface area contributed by atoms with Gasteiger partial charge in [-0.15, -0.1) is 0 Å². The van der Waals surface area contributed by atoms with Crippen LogP contribution in [0.4, 0.5) is 0 Å². The summed E-state index contributed by atoms with van der Waals surface area (Å²) in [5.74, 6) is 0.950. The highest BCUT2D eigenvalue weighted by molar-refractivity contribution is 4.90. The molecule has 2 fully saturated rings. The minimum Gasteiger partial charge on any atom is -0.371 e. The molecule has 1 aliphatic carbocycles. The van der Waals surface area contributed by atoms with E-state index in [0.717, 1.165) is 32.2 Å². The molecule has 3 nitrogen and oxygen atoms in total. The third kappa shape index (κ3) is 3.44. The van der Waals surface area contributed by atoms with Gasteiger partial charge in [-0.1, -0.05) is 12.8 Å². The van der Waals surface area contributed by atoms with Crippen LogP contribution < -0.4 is 5.32 Å². The van der Waals surface area contributed by atoms with Crippen molar-refractivity contribution >= 4 is 0 Å². The molecule has 0 aromatic carbocycles. The molecule has 0 spiro atoms. The minimum atomic E-state index is 0.119. The average Bonchev–Trinajstić information content (AvgIpc) is 2.68. The second-order valence-corrected chi connectivity index (χ2v) is 5.81. The van der Waals surface area contributed by atoms with E-state index in [1.54, 1.807) is 0 Å². The zero-order valence-corrected chi connectivity index (χ0v) is 10.8. The van der Waals surface area contributed by atoms with E-state index >= 15 is 0 Å². The zero-order valence-electron chi connectivity index (χ0n) is 10.8. The molecule has 3 heteroatoms. The Morgan fingerprint density at radius 2 is 2.00 bits per heavy atom. The summed E-state index contributed by atoms with van der Waals surface area (Å²) >= 11 is 0. The SMILES string of the molecule is CN(CCOC1(C)CNC1)CC1CCCC1. The Balaban J connectivity index is 1.54. The summed E-state index contributed by atoms with van der Waals surface area (Å²) in [7, 11) is 2.23. The standard InChI is InChI=1S/C13H26N2O/c1-13(10-14-11-13)16-8-7-15(2)9-12-5-3-4-6-12/h12,14H,3-11H2,1-2H3. The molecular formula is C13H26N2O. The van der Waals surface area contributed by atoms with Crippen molar-refractivity contribution in [2.75, 3.05) is 39.8 Å². The molecule has 16 heavy (non-hydrogen) atoms. The van der Waals surface area contributed by atoms with E-state index in [-0.39, 0.29) is 5.60 Å². The van der Waals surface area contributed by atoms with Crippen LogP contribution in [0.3, 0.4) is 0 Å². The molecule has 0 radical (unpaired) electrons. The van der Waals surface area contributed by atoms with Crippen LogP contribution in [0, 0.1) is 5.92 Å².